The third kappa shape index (κ3) is 5.65. The van der Waals surface area contributed by atoms with Crippen LogP contribution in [0.15, 0.2) is 24.3 Å². The van der Waals surface area contributed by atoms with E-state index in [1.165, 1.54) is 45.3 Å². The number of piperidine rings is 1. The van der Waals surface area contributed by atoms with Gasteiger partial charge in [0, 0.05) is 26.1 Å². The van der Waals surface area contributed by atoms with Gasteiger partial charge in [-0.3, -0.25) is 4.79 Å². The van der Waals surface area contributed by atoms with Gasteiger partial charge in [0.2, 0.25) is 5.91 Å². The molecule has 1 amide bonds. The fourth-order valence-corrected chi connectivity index (χ4v) is 5.06. The quantitative estimate of drug-likeness (QED) is 0.659. The van der Waals surface area contributed by atoms with E-state index in [0.29, 0.717) is 18.2 Å². The fourth-order valence-electron chi connectivity index (χ4n) is 5.06. The molecule has 2 fully saturated rings. The third-order valence-electron chi connectivity index (χ3n) is 6.94. The number of tetrazole rings is 1. The minimum absolute atomic E-state index is 0.108. The van der Waals surface area contributed by atoms with Crippen LogP contribution in [-0.4, -0.2) is 75.7 Å². The Morgan fingerprint density at radius 3 is 2.53 bits per heavy atom. The number of amides is 1. The van der Waals surface area contributed by atoms with E-state index >= 15 is 0 Å². The number of carbonyl (C=O) groups excluding carboxylic acids is 1. The Morgan fingerprint density at radius 2 is 1.88 bits per heavy atom. The first kappa shape index (κ1) is 22.7. The van der Waals surface area contributed by atoms with E-state index in [0.717, 1.165) is 37.2 Å². The molecular weight excluding hydrogens is 404 g/mol. The summed E-state index contributed by atoms with van der Waals surface area (Å²) in [5.74, 6) is 2.24. The maximum atomic E-state index is 13.6. The Balaban J connectivity index is 1.40. The fraction of sp³-hybridized carbons (Fsp3) is 0.667. The average molecular weight is 441 g/mol. The highest BCUT2D eigenvalue weighted by Crippen LogP contribution is 2.25. The standard InChI is InChI=1S/C24H36N6O2/c1-19-25-26-27-30(19)23(17-21-8-7-9-22(16-21)32-2)24(31)29-14-10-20(11-15-29)18-28-12-5-3-4-6-13-28/h7-9,16,20,23H,3-6,10-15,17-18H2,1-2H3/t23-/m0/s1. The summed E-state index contributed by atoms with van der Waals surface area (Å²) in [6, 6.07) is 7.43. The van der Waals surface area contributed by atoms with Crippen LogP contribution in [-0.2, 0) is 11.2 Å². The van der Waals surface area contributed by atoms with Crippen LogP contribution in [0, 0.1) is 12.8 Å². The van der Waals surface area contributed by atoms with Gasteiger partial charge in [-0.05, 0) is 79.7 Å². The van der Waals surface area contributed by atoms with Gasteiger partial charge in [-0.25, -0.2) is 4.68 Å². The number of aromatic nitrogens is 4. The Morgan fingerprint density at radius 1 is 1.12 bits per heavy atom. The van der Waals surface area contributed by atoms with Crippen molar-refractivity contribution in [3.63, 3.8) is 0 Å². The van der Waals surface area contributed by atoms with Crippen molar-refractivity contribution >= 4 is 5.91 Å². The molecular formula is C24H36N6O2. The van der Waals surface area contributed by atoms with E-state index in [1.807, 2.05) is 36.1 Å². The summed E-state index contributed by atoms with van der Waals surface area (Å²) in [6.07, 6.45) is 8.08. The van der Waals surface area contributed by atoms with Gasteiger partial charge in [-0.2, -0.15) is 0 Å². The van der Waals surface area contributed by atoms with Crippen molar-refractivity contribution in [1.82, 2.24) is 30.0 Å². The molecule has 0 unspecified atom stereocenters. The van der Waals surface area contributed by atoms with Crippen LogP contribution < -0.4 is 4.74 Å². The summed E-state index contributed by atoms with van der Waals surface area (Å²) in [4.78, 5) is 18.3. The Bertz CT molecular complexity index is 869. The van der Waals surface area contributed by atoms with Crippen LogP contribution in [0.2, 0.25) is 0 Å². The molecule has 0 aliphatic carbocycles. The number of rotatable bonds is 7. The summed E-state index contributed by atoms with van der Waals surface area (Å²) >= 11 is 0. The molecule has 2 aliphatic heterocycles. The molecule has 2 saturated heterocycles. The molecule has 174 valence electrons. The normalized spacial score (nSPS) is 19.5. The van der Waals surface area contributed by atoms with Crippen LogP contribution >= 0.6 is 0 Å². The number of methoxy groups -OCH3 is 1. The Labute approximate surface area is 190 Å². The summed E-state index contributed by atoms with van der Waals surface area (Å²) < 4.78 is 7.03. The number of hydrogen-bond donors (Lipinski definition) is 0. The van der Waals surface area contributed by atoms with Crippen LogP contribution in [0.4, 0.5) is 0 Å². The predicted molar refractivity (Wildman–Crippen MR) is 123 cm³/mol. The zero-order valence-corrected chi connectivity index (χ0v) is 19.4. The van der Waals surface area contributed by atoms with Gasteiger partial charge >= 0.3 is 0 Å². The summed E-state index contributed by atoms with van der Waals surface area (Å²) in [6.45, 7) is 7.13. The second kappa shape index (κ2) is 10.9. The summed E-state index contributed by atoms with van der Waals surface area (Å²) in [7, 11) is 1.66. The minimum atomic E-state index is -0.445. The van der Waals surface area contributed by atoms with Crippen molar-refractivity contribution in [2.24, 2.45) is 5.92 Å². The molecule has 1 aromatic heterocycles. The van der Waals surface area contributed by atoms with Crippen molar-refractivity contribution in [1.29, 1.82) is 0 Å². The number of ether oxygens (including phenoxy) is 1. The molecule has 4 rings (SSSR count). The highest BCUT2D eigenvalue weighted by Gasteiger charge is 2.32. The van der Waals surface area contributed by atoms with Gasteiger partial charge in [0.25, 0.3) is 0 Å². The van der Waals surface area contributed by atoms with E-state index in [4.69, 9.17) is 4.74 Å². The van der Waals surface area contributed by atoms with Gasteiger partial charge in [-0.15, -0.1) is 5.10 Å². The molecule has 1 atom stereocenters. The first-order chi connectivity index (χ1) is 15.6. The lowest BCUT2D eigenvalue weighted by molar-refractivity contribution is -0.136. The maximum Gasteiger partial charge on any atom is 0.247 e. The third-order valence-corrected chi connectivity index (χ3v) is 6.94. The Kier molecular flexibility index (Phi) is 7.73. The highest BCUT2D eigenvalue weighted by molar-refractivity contribution is 5.81. The predicted octanol–water partition coefficient (Wildman–Crippen LogP) is 2.89. The molecule has 8 nitrogen and oxygen atoms in total. The van der Waals surface area contributed by atoms with E-state index in [1.54, 1.807) is 11.8 Å². The van der Waals surface area contributed by atoms with Crippen LogP contribution in [0.5, 0.6) is 5.75 Å². The summed E-state index contributed by atoms with van der Waals surface area (Å²) in [5.41, 5.74) is 1.04. The number of likely N-dealkylation sites (tertiary alicyclic amines) is 2. The van der Waals surface area contributed by atoms with E-state index < -0.39 is 6.04 Å². The van der Waals surface area contributed by atoms with Gasteiger partial charge in [0.1, 0.15) is 17.6 Å². The van der Waals surface area contributed by atoms with Crippen molar-refractivity contribution in [3.05, 3.63) is 35.7 Å². The lowest BCUT2D eigenvalue weighted by atomic mass is 9.95. The molecule has 32 heavy (non-hydrogen) atoms. The number of benzene rings is 1. The lowest BCUT2D eigenvalue weighted by Crippen LogP contribution is -2.45. The van der Waals surface area contributed by atoms with Crippen molar-refractivity contribution in [2.75, 3.05) is 39.8 Å². The van der Waals surface area contributed by atoms with Gasteiger partial charge in [0.05, 0.1) is 7.11 Å². The van der Waals surface area contributed by atoms with Gasteiger partial charge < -0.3 is 14.5 Å². The average Bonchev–Trinajstić information content (AvgIpc) is 3.08. The SMILES string of the molecule is COc1cccc(C[C@@H](C(=O)N2CCC(CN3CCCCCC3)CC2)n2nnnc2C)c1. The molecule has 0 N–H and O–H groups in total. The Hall–Kier alpha value is -2.48. The molecule has 0 radical (unpaired) electrons. The van der Waals surface area contributed by atoms with E-state index in [9.17, 15) is 4.79 Å². The number of nitrogens with zero attached hydrogens (tertiary/aromatic N) is 6. The molecule has 0 bridgehead atoms. The molecule has 2 aromatic rings. The van der Waals surface area contributed by atoms with Crippen molar-refractivity contribution < 1.29 is 9.53 Å². The second-order valence-electron chi connectivity index (χ2n) is 9.23. The minimum Gasteiger partial charge on any atom is -0.497 e. The zero-order valence-electron chi connectivity index (χ0n) is 19.4. The van der Waals surface area contributed by atoms with Crippen LogP contribution in [0.1, 0.15) is 56.0 Å². The van der Waals surface area contributed by atoms with E-state index in [-0.39, 0.29) is 5.91 Å². The zero-order chi connectivity index (χ0) is 22.3. The second-order valence-corrected chi connectivity index (χ2v) is 9.23. The largest absolute Gasteiger partial charge is 0.497 e. The first-order valence-electron chi connectivity index (χ1n) is 12.0. The van der Waals surface area contributed by atoms with E-state index in [2.05, 4.69) is 20.4 Å². The first-order valence-corrected chi connectivity index (χ1v) is 12.0. The number of carbonyl (C=O) groups is 1. The van der Waals surface area contributed by atoms with Crippen LogP contribution in [0.25, 0.3) is 0 Å². The highest BCUT2D eigenvalue weighted by atomic mass is 16.5. The lowest BCUT2D eigenvalue weighted by Gasteiger charge is -2.36. The van der Waals surface area contributed by atoms with Gasteiger partial charge in [-0.1, -0.05) is 25.0 Å². The number of aryl methyl sites for hydroxylation is 1. The molecule has 3 heterocycles. The molecule has 2 aliphatic rings. The van der Waals surface area contributed by atoms with Crippen molar-refractivity contribution in [2.45, 2.75) is 57.9 Å². The van der Waals surface area contributed by atoms with Crippen molar-refractivity contribution in [3.8, 4) is 5.75 Å². The molecule has 0 saturated carbocycles. The summed E-state index contributed by atoms with van der Waals surface area (Å²) in [5, 5.41) is 12.0. The topological polar surface area (TPSA) is 76.4 Å². The molecule has 8 heteroatoms. The van der Waals surface area contributed by atoms with Gasteiger partial charge in [0.15, 0.2) is 0 Å². The van der Waals surface area contributed by atoms with Crippen LogP contribution in [0.3, 0.4) is 0 Å². The monoisotopic (exact) mass is 440 g/mol. The smallest absolute Gasteiger partial charge is 0.247 e. The number of hydrogen-bond acceptors (Lipinski definition) is 6. The molecule has 1 aromatic carbocycles. The maximum absolute atomic E-state index is 13.6. The molecule has 0 spiro atoms.